The quantitative estimate of drug-likeness (QED) is 0.497. The van der Waals surface area contributed by atoms with Gasteiger partial charge in [0.2, 0.25) is 0 Å². The minimum atomic E-state index is -0.323. The highest BCUT2D eigenvalue weighted by atomic mass is 35.5. The van der Waals surface area contributed by atoms with Crippen LogP contribution >= 0.6 is 11.6 Å². The van der Waals surface area contributed by atoms with Crippen LogP contribution in [0.1, 0.15) is 30.6 Å². The number of hydrogen-bond acceptors (Lipinski definition) is 5. The van der Waals surface area contributed by atoms with E-state index in [1.165, 1.54) is 0 Å². The molecule has 1 aromatic heterocycles. The maximum atomic E-state index is 13.3. The monoisotopic (exact) mass is 481 g/mol. The lowest BCUT2D eigenvalue weighted by Gasteiger charge is -2.39. The summed E-state index contributed by atoms with van der Waals surface area (Å²) < 4.78 is 10.5. The number of halogens is 1. The zero-order chi connectivity index (χ0) is 24.2. The lowest BCUT2D eigenvalue weighted by Crippen LogP contribution is -2.55. The fourth-order valence-corrected chi connectivity index (χ4v) is 4.36. The standard InChI is InChI=1S/C26H28ClN3O4/c1-4-13-34-26(32)29-11-12-30(17(2)16-29)25(31)19-7-10-21-22(27)15-23(28-24(21)14-19)18-5-8-20(33-3)9-6-18/h5-10,14-15,17H,4,11-13,16H2,1-3H3/t17-/m0/s1. The van der Waals surface area contributed by atoms with E-state index in [9.17, 15) is 9.59 Å². The van der Waals surface area contributed by atoms with Crippen molar-refractivity contribution < 1.29 is 19.1 Å². The molecular formula is C26H28ClN3O4. The molecule has 0 saturated carbocycles. The Balaban J connectivity index is 1.56. The van der Waals surface area contributed by atoms with E-state index >= 15 is 0 Å². The summed E-state index contributed by atoms with van der Waals surface area (Å²) in [5.74, 6) is 0.667. The third-order valence-corrected chi connectivity index (χ3v) is 6.28. The highest BCUT2D eigenvalue weighted by Gasteiger charge is 2.31. The van der Waals surface area contributed by atoms with Crippen LogP contribution in [0.25, 0.3) is 22.2 Å². The number of nitrogens with zero attached hydrogens (tertiary/aromatic N) is 3. The molecule has 0 unspecified atom stereocenters. The van der Waals surface area contributed by atoms with E-state index < -0.39 is 0 Å². The largest absolute Gasteiger partial charge is 0.497 e. The smallest absolute Gasteiger partial charge is 0.409 e. The minimum Gasteiger partial charge on any atom is -0.497 e. The maximum Gasteiger partial charge on any atom is 0.409 e. The highest BCUT2D eigenvalue weighted by molar-refractivity contribution is 6.35. The van der Waals surface area contributed by atoms with Gasteiger partial charge in [-0.25, -0.2) is 9.78 Å². The molecule has 2 amide bonds. The molecular weight excluding hydrogens is 454 g/mol. The minimum absolute atomic E-state index is 0.0938. The van der Waals surface area contributed by atoms with E-state index in [1.807, 2.05) is 50.2 Å². The number of carbonyl (C=O) groups excluding carboxylic acids is 2. The first-order valence-electron chi connectivity index (χ1n) is 11.4. The van der Waals surface area contributed by atoms with E-state index in [1.54, 1.807) is 29.0 Å². The third-order valence-electron chi connectivity index (χ3n) is 5.97. The average Bonchev–Trinajstić information content (AvgIpc) is 2.86. The first kappa shape index (κ1) is 23.8. The van der Waals surface area contributed by atoms with E-state index in [2.05, 4.69) is 0 Å². The Hall–Kier alpha value is -3.32. The molecule has 0 N–H and O–H groups in total. The van der Waals surface area contributed by atoms with Gasteiger partial charge < -0.3 is 19.3 Å². The third kappa shape index (κ3) is 4.94. The zero-order valence-electron chi connectivity index (χ0n) is 19.6. The second kappa shape index (κ2) is 10.3. The number of piperazine rings is 1. The number of aromatic nitrogens is 1. The summed E-state index contributed by atoms with van der Waals surface area (Å²) in [5, 5.41) is 1.36. The number of rotatable bonds is 5. The van der Waals surface area contributed by atoms with Crippen LogP contribution in [0.3, 0.4) is 0 Å². The number of fused-ring (bicyclic) bond motifs is 1. The fourth-order valence-electron chi connectivity index (χ4n) is 4.10. The van der Waals surface area contributed by atoms with Crippen LogP contribution in [0.2, 0.25) is 5.02 Å². The van der Waals surface area contributed by atoms with Crippen molar-refractivity contribution in [3.05, 3.63) is 59.1 Å². The van der Waals surface area contributed by atoms with Crippen molar-refractivity contribution in [3.8, 4) is 17.0 Å². The number of hydrogen-bond donors (Lipinski definition) is 0. The van der Waals surface area contributed by atoms with Crippen molar-refractivity contribution in [3.63, 3.8) is 0 Å². The summed E-state index contributed by atoms with van der Waals surface area (Å²) in [6, 6.07) is 14.7. The Kier molecular flexibility index (Phi) is 7.22. The van der Waals surface area contributed by atoms with Crippen LogP contribution < -0.4 is 4.74 Å². The van der Waals surface area contributed by atoms with Crippen molar-refractivity contribution >= 4 is 34.5 Å². The molecule has 7 nitrogen and oxygen atoms in total. The summed E-state index contributed by atoms with van der Waals surface area (Å²) in [5.41, 5.74) is 2.81. The molecule has 0 spiro atoms. The Morgan fingerprint density at radius 3 is 2.56 bits per heavy atom. The Morgan fingerprint density at radius 1 is 1.12 bits per heavy atom. The number of ether oxygens (including phenoxy) is 2. The van der Waals surface area contributed by atoms with Gasteiger partial charge >= 0.3 is 6.09 Å². The molecule has 0 aliphatic carbocycles. The van der Waals surface area contributed by atoms with Crippen LogP contribution in [0, 0.1) is 0 Å². The highest BCUT2D eigenvalue weighted by Crippen LogP contribution is 2.30. The molecule has 1 aliphatic heterocycles. The van der Waals surface area contributed by atoms with Gasteiger partial charge in [-0.2, -0.15) is 0 Å². The van der Waals surface area contributed by atoms with Crippen LogP contribution in [-0.4, -0.2) is 66.2 Å². The normalized spacial score (nSPS) is 15.9. The summed E-state index contributed by atoms with van der Waals surface area (Å²) in [6.07, 6.45) is 0.455. The second-order valence-corrected chi connectivity index (χ2v) is 8.76. The molecule has 178 valence electrons. The van der Waals surface area contributed by atoms with Gasteiger partial charge in [0.05, 0.1) is 29.9 Å². The summed E-state index contributed by atoms with van der Waals surface area (Å²) >= 11 is 6.55. The van der Waals surface area contributed by atoms with Gasteiger partial charge in [0.25, 0.3) is 5.91 Å². The molecule has 1 aliphatic rings. The van der Waals surface area contributed by atoms with Gasteiger partial charge in [-0.3, -0.25) is 4.79 Å². The van der Waals surface area contributed by atoms with Crippen LogP contribution in [-0.2, 0) is 4.74 Å². The summed E-state index contributed by atoms with van der Waals surface area (Å²) in [6.45, 7) is 5.62. The SMILES string of the molecule is CCCOC(=O)N1CCN(C(=O)c2ccc3c(Cl)cc(-c4ccc(OC)cc4)nc3c2)[C@@H](C)C1. The maximum absolute atomic E-state index is 13.3. The molecule has 8 heteroatoms. The molecule has 0 radical (unpaired) electrons. The first-order chi connectivity index (χ1) is 16.4. The molecule has 1 saturated heterocycles. The predicted octanol–water partition coefficient (Wildman–Crippen LogP) is 5.26. The van der Waals surface area contributed by atoms with Gasteiger partial charge in [0.15, 0.2) is 0 Å². The molecule has 4 rings (SSSR count). The van der Waals surface area contributed by atoms with E-state index in [0.29, 0.717) is 42.3 Å². The number of amides is 2. The van der Waals surface area contributed by atoms with Crippen LogP contribution in [0.5, 0.6) is 5.75 Å². The molecule has 0 bridgehead atoms. The Bertz CT molecular complexity index is 1200. The van der Waals surface area contributed by atoms with Crippen LogP contribution in [0.4, 0.5) is 4.79 Å². The van der Waals surface area contributed by atoms with E-state index in [4.69, 9.17) is 26.1 Å². The van der Waals surface area contributed by atoms with E-state index in [-0.39, 0.29) is 18.0 Å². The average molecular weight is 482 g/mol. The van der Waals surface area contributed by atoms with Gasteiger partial charge in [-0.15, -0.1) is 0 Å². The molecule has 2 heterocycles. The Morgan fingerprint density at radius 2 is 1.88 bits per heavy atom. The summed E-state index contributed by atoms with van der Waals surface area (Å²) in [4.78, 5) is 33.7. The number of methoxy groups -OCH3 is 1. The van der Waals surface area contributed by atoms with Gasteiger partial charge in [0.1, 0.15) is 5.75 Å². The topological polar surface area (TPSA) is 72.0 Å². The lowest BCUT2D eigenvalue weighted by molar-refractivity contribution is 0.0414. The number of benzene rings is 2. The first-order valence-corrected chi connectivity index (χ1v) is 11.8. The van der Waals surface area contributed by atoms with Crippen molar-refractivity contribution in [1.82, 2.24) is 14.8 Å². The predicted molar refractivity (Wildman–Crippen MR) is 132 cm³/mol. The van der Waals surface area contributed by atoms with E-state index in [0.717, 1.165) is 28.8 Å². The second-order valence-electron chi connectivity index (χ2n) is 8.36. The van der Waals surface area contributed by atoms with Crippen LogP contribution in [0.15, 0.2) is 48.5 Å². The molecule has 3 aromatic rings. The molecule has 1 fully saturated rings. The van der Waals surface area contributed by atoms with Crippen molar-refractivity contribution in [1.29, 1.82) is 0 Å². The molecule has 2 aromatic carbocycles. The van der Waals surface area contributed by atoms with Gasteiger partial charge in [-0.1, -0.05) is 24.6 Å². The van der Waals surface area contributed by atoms with Gasteiger partial charge in [-0.05, 0) is 55.8 Å². The van der Waals surface area contributed by atoms with Gasteiger partial charge in [0, 0.05) is 42.2 Å². The molecule has 1 atom stereocenters. The summed E-state index contributed by atoms with van der Waals surface area (Å²) in [7, 11) is 1.62. The van der Waals surface area contributed by atoms with Crippen molar-refractivity contribution in [2.75, 3.05) is 33.4 Å². The zero-order valence-corrected chi connectivity index (χ0v) is 20.3. The number of carbonyl (C=O) groups is 2. The fraction of sp³-hybridized carbons (Fsp3) is 0.346. The Labute approximate surface area is 204 Å². The lowest BCUT2D eigenvalue weighted by atomic mass is 10.1. The molecule has 34 heavy (non-hydrogen) atoms. The van der Waals surface area contributed by atoms with Crippen molar-refractivity contribution in [2.45, 2.75) is 26.3 Å². The van der Waals surface area contributed by atoms with Crippen molar-refractivity contribution in [2.24, 2.45) is 0 Å². The number of pyridine rings is 1.